The van der Waals surface area contributed by atoms with Gasteiger partial charge in [0.2, 0.25) is 10.0 Å². The van der Waals surface area contributed by atoms with Crippen molar-refractivity contribution in [2.24, 2.45) is 0 Å². The number of carbonyl (C=O) groups is 1. The second-order valence-corrected chi connectivity index (χ2v) is 8.35. The first-order valence-corrected chi connectivity index (χ1v) is 10.1. The first-order valence-electron chi connectivity index (χ1n) is 7.70. The molecule has 0 unspecified atom stereocenters. The Morgan fingerprint density at radius 2 is 1.96 bits per heavy atom. The van der Waals surface area contributed by atoms with Crippen molar-refractivity contribution < 1.29 is 17.9 Å². The first kappa shape index (κ1) is 19.3. The van der Waals surface area contributed by atoms with E-state index < -0.39 is 15.9 Å². The van der Waals surface area contributed by atoms with Crippen molar-refractivity contribution >= 4 is 39.1 Å². The van der Waals surface area contributed by atoms with Crippen LogP contribution in [0.3, 0.4) is 0 Å². The van der Waals surface area contributed by atoms with Gasteiger partial charge in [-0.1, -0.05) is 36.0 Å². The molecule has 1 aromatic rings. The minimum Gasteiger partial charge on any atom is -0.482 e. The highest BCUT2D eigenvalue weighted by molar-refractivity contribution is 7.89. The molecule has 134 valence electrons. The van der Waals surface area contributed by atoms with Crippen molar-refractivity contribution in [3.63, 3.8) is 0 Å². The SMILES string of the molecule is O=C(COc1ccc(Cl)cc1Cl)NCCS(=O)(=O)NC1CCCC1. The monoisotopic (exact) mass is 394 g/mol. The lowest BCUT2D eigenvalue weighted by Crippen LogP contribution is -2.39. The van der Waals surface area contributed by atoms with E-state index in [1.54, 1.807) is 12.1 Å². The maximum Gasteiger partial charge on any atom is 0.257 e. The van der Waals surface area contributed by atoms with Crippen molar-refractivity contribution in [2.75, 3.05) is 18.9 Å². The van der Waals surface area contributed by atoms with Gasteiger partial charge >= 0.3 is 0 Å². The molecular formula is C15H20Cl2N2O4S. The van der Waals surface area contributed by atoms with Crippen LogP contribution < -0.4 is 14.8 Å². The summed E-state index contributed by atoms with van der Waals surface area (Å²) in [6.45, 7) is -0.226. The molecule has 0 aliphatic heterocycles. The third-order valence-electron chi connectivity index (χ3n) is 3.65. The number of hydrogen-bond donors (Lipinski definition) is 2. The summed E-state index contributed by atoms with van der Waals surface area (Å²) in [6.07, 6.45) is 3.85. The Hall–Kier alpha value is -1.02. The zero-order chi connectivity index (χ0) is 17.6. The van der Waals surface area contributed by atoms with Crippen molar-refractivity contribution in [1.82, 2.24) is 10.0 Å². The molecule has 6 nitrogen and oxygen atoms in total. The molecule has 0 bridgehead atoms. The predicted octanol–water partition coefficient (Wildman–Crippen LogP) is 2.35. The van der Waals surface area contributed by atoms with Crippen molar-refractivity contribution in [1.29, 1.82) is 0 Å². The number of nitrogens with one attached hydrogen (secondary N) is 2. The van der Waals surface area contributed by atoms with E-state index >= 15 is 0 Å². The largest absolute Gasteiger partial charge is 0.482 e. The van der Waals surface area contributed by atoms with E-state index in [0.717, 1.165) is 25.7 Å². The highest BCUT2D eigenvalue weighted by Crippen LogP contribution is 2.27. The van der Waals surface area contributed by atoms with Crippen LogP contribution in [0.1, 0.15) is 25.7 Å². The van der Waals surface area contributed by atoms with Crippen LogP contribution in [0.5, 0.6) is 5.75 Å². The second kappa shape index (κ2) is 8.89. The Morgan fingerprint density at radius 1 is 1.25 bits per heavy atom. The minimum absolute atomic E-state index is 0.0264. The molecule has 0 heterocycles. The highest BCUT2D eigenvalue weighted by Gasteiger charge is 2.21. The molecule has 1 amide bonds. The Kier molecular flexibility index (Phi) is 7.16. The van der Waals surface area contributed by atoms with Crippen LogP contribution in [0, 0.1) is 0 Å². The fourth-order valence-corrected chi connectivity index (χ4v) is 4.16. The van der Waals surface area contributed by atoms with Gasteiger partial charge in [-0.25, -0.2) is 13.1 Å². The van der Waals surface area contributed by atoms with Gasteiger partial charge in [0.25, 0.3) is 5.91 Å². The average Bonchev–Trinajstić information content (AvgIpc) is 2.98. The molecule has 24 heavy (non-hydrogen) atoms. The van der Waals surface area contributed by atoms with E-state index in [2.05, 4.69) is 10.0 Å². The van der Waals surface area contributed by atoms with Gasteiger partial charge in [0.15, 0.2) is 6.61 Å². The van der Waals surface area contributed by atoms with Gasteiger partial charge in [0, 0.05) is 17.6 Å². The molecule has 0 spiro atoms. The fourth-order valence-electron chi connectivity index (χ4n) is 2.47. The Morgan fingerprint density at radius 3 is 2.62 bits per heavy atom. The highest BCUT2D eigenvalue weighted by atomic mass is 35.5. The van der Waals surface area contributed by atoms with Crippen LogP contribution in [0.25, 0.3) is 0 Å². The molecule has 2 N–H and O–H groups in total. The van der Waals surface area contributed by atoms with Gasteiger partial charge in [-0.15, -0.1) is 0 Å². The molecule has 2 rings (SSSR count). The number of hydrogen-bond acceptors (Lipinski definition) is 4. The van der Waals surface area contributed by atoms with Crippen molar-refractivity contribution in [3.8, 4) is 5.75 Å². The van der Waals surface area contributed by atoms with E-state index in [9.17, 15) is 13.2 Å². The summed E-state index contributed by atoms with van der Waals surface area (Å²) in [5.74, 6) is -0.236. The molecule has 1 aliphatic rings. The normalized spacial score (nSPS) is 15.4. The Bertz CT molecular complexity index is 676. The van der Waals surface area contributed by atoms with Gasteiger partial charge < -0.3 is 10.1 Å². The maximum atomic E-state index is 11.9. The standard InChI is InChI=1S/C15H20Cl2N2O4S/c16-11-5-6-14(13(17)9-11)23-10-15(20)18-7-8-24(21,22)19-12-3-1-2-4-12/h5-6,9,12,19H,1-4,7-8,10H2,(H,18,20). The number of halogens is 2. The first-order chi connectivity index (χ1) is 11.4. The van der Waals surface area contributed by atoms with Gasteiger partial charge in [-0.05, 0) is 31.0 Å². The maximum absolute atomic E-state index is 11.9. The quantitative estimate of drug-likeness (QED) is 0.708. The average molecular weight is 395 g/mol. The summed E-state index contributed by atoms with van der Waals surface area (Å²) < 4.78 is 31.7. The van der Waals surface area contributed by atoms with Crippen molar-refractivity contribution in [2.45, 2.75) is 31.7 Å². The van der Waals surface area contributed by atoms with Gasteiger partial charge in [-0.3, -0.25) is 4.79 Å². The van der Waals surface area contributed by atoms with Crippen LogP contribution in [-0.2, 0) is 14.8 Å². The molecule has 0 radical (unpaired) electrons. The van der Waals surface area contributed by atoms with Crippen LogP contribution in [0.15, 0.2) is 18.2 Å². The van der Waals surface area contributed by atoms with Crippen LogP contribution in [-0.4, -0.2) is 39.3 Å². The molecule has 9 heteroatoms. The number of carbonyl (C=O) groups excluding carboxylic acids is 1. The fraction of sp³-hybridized carbons (Fsp3) is 0.533. The van der Waals surface area contributed by atoms with Crippen LogP contribution >= 0.6 is 23.2 Å². The third-order valence-corrected chi connectivity index (χ3v) is 5.61. The molecular weight excluding hydrogens is 375 g/mol. The zero-order valence-corrected chi connectivity index (χ0v) is 15.4. The number of benzene rings is 1. The van der Waals surface area contributed by atoms with Crippen molar-refractivity contribution in [3.05, 3.63) is 28.2 Å². The summed E-state index contributed by atoms with van der Waals surface area (Å²) in [4.78, 5) is 11.7. The van der Waals surface area contributed by atoms with E-state index in [4.69, 9.17) is 27.9 Å². The Labute approximate surface area is 151 Å². The van der Waals surface area contributed by atoms with E-state index in [1.165, 1.54) is 6.07 Å². The summed E-state index contributed by atoms with van der Waals surface area (Å²) in [6, 6.07) is 4.70. The Balaban J connectivity index is 1.69. The molecule has 0 atom stereocenters. The molecule has 1 aromatic carbocycles. The van der Waals surface area contributed by atoms with Gasteiger partial charge in [-0.2, -0.15) is 0 Å². The van der Waals surface area contributed by atoms with Gasteiger partial charge in [0.1, 0.15) is 5.75 Å². The smallest absolute Gasteiger partial charge is 0.257 e. The lowest BCUT2D eigenvalue weighted by atomic mass is 10.3. The van der Waals surface area contributed by atoms with Crippen LogP contribution in [0.4, 0.5) is 0 Å². The minimum atomic E-state index is -3.38. The van der Waals surface area contributed by atoms with Gasteiger partial charge in [0.05, 0.1) is 10.8 Å². The van der Waals surface area contributed by atoms with E-state index in [0.29, 0.717) is 15.8 Å². The van der Waals surface area contributed by atoms with Crippen LogP contribution in [0.2, 0.25) is 10.0 Å². The molecule has 1 aliphatic carbocycles. The second-order valence-electron chi connectivity index (χ2n) is 5.63. The zero-order valence-electron chi connectivity index (χ0n) is 13.1. The number of ether oxygens (including phenoxy) is 1. The van der Waals surface area contributed by atoms with E-state index in [1.807, 2.05) is 0 Å². The molecule has 1 saturated carbocycles. The van der Waals surface area contributed by atoms with E-state index in [-0.39, 0.29) is 24.9 Å². The molecule has 1 fully saturated rings. The summed E-state index contributed by atoms with van der Waals surface area (Å²) in [5, 5.41) is 3.29. The number of amides is 1. The topological polar surface area (TPSA) is 84.5 Å². The lowest BCUT2D eigenvalue weighted by Gasteiger charge is -2.13. The molecule has 0 aromatic heterocycles. The summed E-state index contributed by atoms with van der Waals surface area (Å²) in [5.41, 5.74) is 0. The summed E-state index contributed by atoms with van der Waals surface area (Å²) in [7, 11) is -3.38. The third kappa shape index (κ3) is 6.47. The number of sulfonamides is 1. The number of rotatable bonds is 8. The lowest BCUT2D eigenvalue weighted by molar-refractivity contribution is -0.122. The predicted molar refractivity (Wildman–Crippen MR) is 94.1 cm³/mol. The molecule has 0 saturated heterocycles. The summed E-state index contributed by atoms with van der Waals surface area (Å²) >= 11 is 11.7.